The molecule has 23 heavy (non-hydrogen) atoms. The van der Waals surface area contributed by atoms with Crippen molar-refractivity contribution in [3.8, 4) is 0 Å². The lowest BCUT2D eigenvalue weighted by molar-refractivity contribution is 0.600. The maximum Gasteiger partial charge on any atom is 0.264 e. The van der Waals surface area contributed by atoms with Crippen LogP contribution in [-0.2, 0) is 20.0 Å². The van der Waals surface area contributed by atoms with Gasteiger partial charge in [-0.15, -0.1) is 0 Å². The van der Waals surface area contributed by atoms with E-state index in [4.69, 9.17) is 0 Å². The highest BCUT2D eigenvalue weighted by Crippen LogP contribution is 2.17. The number of aryl methyl sites for hydroxylation is 1. The van der Waals surface area contributed by atoms with Gasteiger partial charge in [-0.05, 0) is 44.2 Å². The third kappa shape index (κ3) is 4.63. The van der Waals surface area contributed by atoms with Gasteiger partial charge in [-0.1, -0.05) is 0 Å². The van der Waals surface area contributed by atoms with Crippen molar-refractivity contribution >= 4 is 31.7 Å². The first-order valence-electron chi connectivity index (χ1n) is 6.65. The monoisotopic (exact) mass is 356 g/mol. The van der Waals surface area contributed by atoms with Crippen molar-refractivity contribution < 1.29 is 16.8 Å². The van der Waals surface area contributed by atoms with Gasteiger partial charge in [0, 0.05) is 17.6 Å². The lowest BCUT2D eigenvalue weighted by Gasteiger charge is -2.09. The highest BCUT2D eigenvalue weighted by Gasteiger charge is 2.16. The first-order valence-corrected chi connectivity index (χ1v) is 9.78. The van der Waals surface area contributed by atoms with Crippen LogP contribution in [0, 0.1) is 6.92 Å². The fourth-order valence-corrected chi connectivity index (χ4v) is 3.22. The summed E-state index contributed by atoms with van der Waals surface area (Å²) >= 11 is 0. The molecule has 2 rings (SSSR count). The number of nitrogens with one attached hydrogen (secondary N) is 2. The summed E-state index contributed by atoms with van der Waals surface area (Å²) in [6.07, 6.45) is 1.45. The Morgan fingerprint density at radius 3 is 2.22 bits per heavy atom. The van der Waals surface area contributed by atoms with E-state index < -0.39 is 20.0 Å². The Labute approximate surface area is 135 Å². The van der Waals surface area contributed by atoms with Gasteiger partial charge in [-0.3, -0.25) is 4.72 Å². The number of sulfonamides is 2. The minimum atomic E-state index is -3.85. The topological polar surface area (TPSA) is 118 Å². The van der Waals surface area contributed by atoms with Crippen LogP contribution in [0.1, 0.15) is 12.6 Å². The average Bonchev–Trinajstić information content (AvgIpc) is 2.47. The van der Waals surface area contributed by atoms with Crippen LogP contribution in [0.5, 0.6) is 0 Å². The second-order valence-corrected chi connectivity index (χ2v) is 8.35. The third-order valence-electron chi connectivity index (χ3n) is 2.84. The average molecular weight is 356 g/mol. The Bertz CT molecular complexity index is 894. The fraction of sp³-hybridized carbons (Fsp3) is 0.231. The molecule has 8 nitrogen and oxygen atoms in total. The Kier molecular flexibility index (Phi) is 4.85. The summed E-state index contributed by atoms with van der Waals surface area (Å²) in [6.45, 7) is 3.22. The van der Waals surface area contributed by atoms with Gasteiger partial charge in [0.05, 0.1) is 10.6 Å². The standard InChI is InChI=1S/C13H16N4O4S2/c1-3-22(18,19)16-11-4-6-12(7-5-11)23(20,21)17-13-14-9-8-10(2)15-13/h4-9,16H,3H2,1-2H3,(H,14,15,17). The van der Waals surface area contributed by atoms with Crippen LogP contribution < -0.4 is 9.44 Å². The highest BCUT2D eigenvalue weighted by atomic mass is 32.2. The molecule has 0 radical (unpaired) electrons. The van der Waals surface area contributed by atoms with Crippen molar-refractivity contribution in [1.82, 2.24) is 9.97 Å². The summed E-state index contributed by atoms with van der Waals surface area (Å²) < 4.78 is 52.0. The molecule has 0 saturated heterocycles. The van der Waals surface area contributed by atoms with Crippen molar-refractivity contribution in [3.63, 3.8) is 0 Å². The molecule has 124 valence electrons. The van der Waals surface area contributed by atoms with Gasteiger partial charge < -0.3 is 0 Å². The first-order chi connectivity index (χ1) is 10.7. The summed E-state index contributed by atoms with van der Waals surface area (Å²) in [6, 6.07) is 6.99. The van der Waals surface area contributed by atoms with Crippen LogP contribution in [0.25, 0.3) is 0 Å². The van der Waals surface area contributed by atoms with Crippen LogP contribution in [0.2, 0.25) is 0 Å². The number of benzene rings is 1. The van der Waals surface area contributed by atoms with Gasteiger partial charge in [0.2, 0.25) is 16.0 Å². The second-order valence-electron chi connectivity index (χ2n) is 4.66. The predicted octanol–water partition coefficient (Wildman–Crippen LogP) is 1.35. The molecule has 10 heteroatoms. The number of aromatic nitrogens is 2. The van der Waals surface area contributed by atoms with Crippen molar-refractivity contribution in [2.75, 3.05) is 15.2 Å². The van der Waals surface area contributed by atoms with E-state index in [9.17, 15) is 16.8 Å². The molecule has 0 aliphatic heterocycles. The van der Waals surface area contributed by atoms with E-state index in [1.165, 1.54) is 37.4 Å². The zero-order valence-electron chi connectivity index (χ0n) is 12.5. The van der Waals surface area contributed by atoms with Gasteiger partial charge in [0.1, 0.15) is 0 Å². The van der Waals surface area contributed by atoms with E-state index in [1.54, 1.807) is 13.0 Å². The fourth-order valence-electron chi connectivity index (χ4n) is 1.63. The maximum atomic E-state index is 12.2. The molecule has 2 aromatic rings. The summed E-state index contributed by atoms with van der Waals surface area (Å²) in [5, 5.41) is 0. The molecular weight excluding hydrogens is 340 g/mol. The summed E-state index contributed by atoms with van der Waals surface area (Å²) in [5.74, 6) is -0.0972. The highest BCUT2D eigenvalue weighted by molar-refractivity contribution is 7.93. The molecule has 2 N–H and O–H groups in total. The number of hydrogen-bond acceptors (Lipinski definition) is 6. The zero-order chi connectivity index (χ0) is 17.1. The van der Waals surface area contributed by atoms with Crippen LogP contribution in [0.3, 0.4) is 0 Å². The van der Waals surface area contributed by atoms with Gasteiger partial charge in [0.25, 0.3) is 10.0 Å². The van der Waals surface area contributed by atoms with Crippen LogP contribution >= 0.6 is 0 Å². The quantitative estimate of drug-likeness (QED) is 0.806. The van der Waals surface area contributed by atoms with E-state index in [0.717, 1.165) is 0 Å². The Balaban J connectivity index is 2.21. The smallest absolute Gasteiger partial charge is 0.264 e. The summed E-state index contributed by atoms with van der Waals surface area (Å²) in [5.41, 5.74) is 0.916. The predicted molar refractivity (Wildman–Crippen MR) is 87.1 cm³/mol. The molecule has 0 atom stereocenters. The first kappa shape index (κ1) is 17.2. The van der Waals surface area contributed by atoms with E-state index in [2.05, 4.69) is 19.4 Å². The van der Waals surface area contributed by atoms with Crippen molar-refractivity contribution in [2.45, 2.75) is 18.7 Å². The van der Waals surface area contributed by atoms with Crippen molar-refractivity contribution in [1.29, 1.82) is 0 Å². The van der Waals surface area contributed by atoms with E-state index in [1.807, 2.05) is 0 Å². The van der Waals surface area contributed by atoms with E-state index in [-0.39, 0.29) is 22.3 Å². The number of anilines is 2. The van der Waals surface area contributed by atoms with Crippen LogP contribution in [-0.4, -0.2) is 32.6 Å². The Morgan fingerprint density at radius 1 is 1.00 bits per heavy atom. The zero-order valence-corrected chi connectivity index (χ0v) is 14.1. The molecule has 0 saturated carbocycles. The second kappa shape index (κ2) is 6.50. The number of nitrogens with zero attached hydrogens (tertiary/aromatic N) is 2. The molecule has 1 aromatic heterocycles. The van der Waals surface area contributed by atoms with Gasteiger partial charge >= 0.3 is 0 Å². The lowest BCUT2D eigenvalue weighted by atomic mass is 10.3. The maximum absolute atomic E-state index is 12.2. The molecule has 0 aliphatic carbocycles. The van der Waals surface area contributed by atoms with Gasteiger partial charge in [0.15, 0.2) is 0 Å². The van der Waals surface area contributed by atoms with Crippen LogP contribution in [0.15, 0.2) is 41.4 Å². The molecule has 0 aliphatic rings. The van der Waals surface area contributed by atoms with E-state index >= 15 is 0 Å². The lowest BCUT2D eigenvalue weighted by Crippen LogP contribution is -2.16. The van der Waals surface area contributed by atoms with Crippen molar-refractivity contribution in [2.24, 2.45) is 0 Å². The van der Waals surface area contributed by atoms with Crippen molar-refractivity contribution in [3.05, 3.63) is 42.2 Å². The molecular formula is C13H16N4O4S2. The van der Waals surface area contributed by atoms with Crippen LogP contribution in [0.4, 0.5) is 11.6 Å². The molecule has 1 heterocycles. The third-order valence-corrected chi connectivity index (χ3v) is 5.49. The minimum Gasteiger partial charge on any atom is -0.284 e. The SMILES string of the molecule is CCS(=O)(=O)Nc1ccc(S(=O)(=O)Nc2nccc(C)n2)cc1. The molecule has 0 bridgehead atoms. The number of hydrogen-bond donors (Lipinski definition) is 2. The molecule has 1 aromatic carbocycles. The Hall–Kier alpha value is -2.20. The molecule has 0 amide bonds. The normalized spacial score (nSPS) is 11.9. The largest absolute Gasteiger partial charge is 0.284 e. The van der Waals surface area contributed by atoms with Gasteiger partial charge in [-0.2, -0.15) is 0 Å². The van der Waals surface area contributed by atoms with Gasteiger partial charge in [-0.25, -0.2) is 31.5 Å². The minimum absolute atomic E-state index is 0.0259. The number of rotatable bonds is 6. The molecule has 0 unspecified atom stereocenters. The molecule has 0 fully saturated rings. The molecule has 0 spiro atoms. The van der Waals surface area contributed by atoms with E-state index in [0.29, 0.717) is 5.69 Å². The summed E-state index contributed by atoms with van der Waals surface area (Å²) in [4.78, 5) is 7.78. The Morgan fingerprint density at radius 2 is 1.65 bits per heavy atom. The summed E-state index contributed by atoms with van der Waals surface area (Å²) in [7, 11) is -7.26.